The van der Waals surface area contributed by atoms with Gasteiger partial charge in [0.2, 0.25) is 0 Å². The third-order valence-electron chi connectivity index (χ3n) is 6.47. The lowest BCUT2D eigenvalue weighted by Crippen LogP contribution is -2.25. The average molecular weight is 643 g/mol. The first-order valence-corrected chi connectivity index (χ1v) is 14.3. The fourth-order valence-electron chi connectivity index (χ4n) is 4.21. The van der Waals surface area contributed by atoms with E-state index >= 15 is 0 Å². The number of ether oxygens (including phenoxy) is 5. The first kappa shape index (κ1) is 34.5. The van der Waals surface area contributed by atoms with Gasteiger partial charge in [0.25, 0.3) is 5.69 Å². The van der Waals surface area contributed by atoms with Gasteiger partial charge in [0.05, 0.1) is 50.7 Å². The maximum atomic E-state index is 11.8. The van der Waals surface area contributed by atoms with Gasteiger partial charge in [0, 0.05) is 55.9 Å². The molecule has 15 heteroatoms. The second kappa shape index (κ2) is 16.8. The summed E-state index contributed by atoms with van der Waals surface area (Å²) in [6.07, 6.45) is 0.921. The Morgan fingerprint density at radius 2 is 1.31 bits per heavy atom. The quantitative estimate of drug-likeness (QED) is 0.0648. The molecule has 0 fully saturated rings. The molecule has 0 saturated heterocycles. The van der Waals surface area contributed by atoms with Crippen molar-refractivity contribution in [1.29, 1.82) is 0 Å². The highest BCUT2D eigenvalue weighted by atomic mass is 35.5. The van der Waals surface area contributed by atoms with Crippen LogP contribution in [0, 0.1) is 10.1 Å². The first-order valence-electron chi connectivity index (χ1n) is 13.9. The Morgan fingerprint density at radius 3 is 1.78 bits per heavy atom. The monoisotopic (exact) mass is 642 g/mol. The highest BCUT2D eigenvalue weighted by Crippen LogP contribution is 2.44. The van der Waals surface area contributed by atoms with Crippen LogP contribution in [0.3, 0.4) is 0 Å². The summed E-state index contributed by atoms with van der Waals surface area (Å²) >= 11 is 6.14. The number of esters is 1. The van der Waals surface area contributed by atoms with Crippen LogP contribution in [0.5, 0.6) is 23.0 Å². The molecule has 0 aliphatic heterocycles. The Morgan fingerprint density at radius 1 is 0.800 bits per heavy atom. The van der Waals surface area contributed by atoms with E-state index in [9.17, 15) is 14.9 Å². The van der Waals surface area contributed by atoms with E-state index in [1.54, 1.807) is 32.2 Å². The number of nitro groups is 1. The molecule has 0 aromatic heterocycles. The molecule has 0 heterocycles. The van der Waals surface area contributed by atoms with Crippen molar-refractivity contribution in [2.75, 3.05) is 53.0 Å². The summed E-state index contributed by atoms with van der Waals surface area (Å²) in [6.45, 7) is 5.41. The van der Waals surface area contributed by atoms with E-state index in [-0.39, 0.29) is 22.4 Å². The van der Waals surface area contributed by atoms with Crippen LogP contribution in [0.25, 0.3) is 0 Å². The number of carbonyl (C=O) groups excluding carboxylic acids is 1. The van der Waals surface area contributed by atoms with Gasteiger partial charge in [0.1, 0.15) is 45.7 Å². The van der Waals surface area contributed by atoms with Crippen molar-refractivity contribution in [3.63, 3.8) is 0 Å². The highest BCUT2D eigenvalue weighted by Gasteiger charge is 2.18. The summed E-state index contributed by atoms with van der Waals surface area (Å²) in [5.41, 5.74) is 1.89. The predicted molar refractivity (Wildman–Crippen MR) is 169 cm³/mol. The number of halogens is 1. The molecule has 14 nitrogen and oxygen atoms in total. The molecule has 45 heavy (non-hydrogen) atoms. The molecule has 0 aliphatic carbocycles. The van der Waals surface area contributed by atoms with E-state index in [0.29, 0.717) is 72.6 Å². The van der Waals surface area contributed by atoms with Gasteiger partial charge in [-0.2, -0.15) is 0 Å². The van der Waals surface area contributed by atoms with Crippen LogP contribution in [0.2, 0.25) is 5.02 Å². The number of rotatable bonds is 16. The molecule has 0 aliphatic rings. The third-order valence-corrected chi connectivity index (χ3v) is 6.77. The van der Waals surface area contributed by atoms with Crippen LogP contribution in [-0.4, -0.2) is 59.0 Å². The van der Waals surface area contributed by atoms with E-state index in [2.05, 4.69) is 25.4 Å². The van der Waals surface area contributed by atoms with Gasteiger partial charge in [-0.25, -0.2) is 0 Å². The number of methoxy groups -OCH3 is 4. The highest BCUT2D eigenvalue weighted by molar-refractivity contribution is 6.33. The van der Waals surface area contributed by atoms with Crippen molar-refractivity contribution < 1.29 is 33.4 Å². The summed E-state index contributed by atoms with van der Waals surface area (Å²) in [6, 6.07) is 10.5. The average Bonchev–Trinajstić information content (AvgIpc) is 3.04. The van der Waals surface area contributed by atoms with Gasteiger partial charge in [-0.05, 0) is 26.3 Å². The molecule has 0 radical (unpaired) electrons. The Kier molecular flexibility index (Phi) is 12.8. The normalized spacial score (nSPS) is 11.1. The van der Waals surface area contributed by atoms with Crippen molar-refractivity contribution in [2.45, 2.75) is 26.7 Å². The Balaban J connectivity index is 1.91. The van der Waals surface area contributed by atoms with Crippen LogP contribution in [0.1, 0.15) is 26.7 Å². The Labute approximate surface area is 265 Å². The number of hydrogen-bond acceptors (Lipinski definition) is 13. The topological polar surface area (TPSA) is 159 Å². The van der Waals surface area contributed by atoms with Crippen LogP contribution in [0.4, 0.5) is 34.1 Å². The minimum absolute atomic E-state index is 0.0680. The maximum Gasteiger partial charge on any atom is 0.305 e. The van der Waals surface area contributed by atoms with Gasteiger partial charge in [-0.1, -0.05) is 11.6 Å². The van der Waals surface area contributed by atoms with Crippen molar-refractivity contribution >= 4 is 51.7 Å². The summed E-state index contributed by atoms with van der Waals surface area (Å²) in [5.74, 6) is 1.41. The zero-order valence-electron chi connectivity index (χ0n) is 25.9. The van der Waals surface area contributed by atoms with E-state index in [0.717, 1.165) is 5.69 Å². The van der Waals surface area contributed by atoms with Gasteiger partial charge < -0.3 is 28.6 Å². The lowest BCUT2D eigenvalue weighted by Gasteiger charge is -2.25. The number of nitro benzene ring substituents is 1. The lowest BCUT2D eigenvalue weighted by atomic mass is 10.2. The van der Waals surface area contributed by atoms with Crippen molar-refractivity contribution in [2.24, 2.45) is 20.5 Å². The van der Waals surface area contributed by atoms with Crippen molar-refractivity contribution in [3.8, 4) is 23.0 Å². The molecule has 3 aromatic rings. The second-order valence-corrected chi connectivity index (χ2v) is 9.58. The zero-order chi connectivity index (χ0) is 32.9. The number of benzene rings is 3. The Bertz CT molecular complexity index is 1570. The van der Waals surface area contributed by atoms with Gasteiger partial charge in [-0.15, -0.1) is 20.5 Å². The molecular formula is C30H35ClN6O8. The zero-order valence-corrected chi connectivity index (χ0v) is 26.7. The van der Waals surface area contributed by atoms with Crippen molar-refractivity contribution in [1.82, 2.24) is 0 Å². The van der Waals surface area contributed by atoms with Crippen molar-refractivity contribution in [3.05, 3.63) is 57.6 Å². The summed E-state index contributed by atoms with van der Waals surface area (Å²) < 4.78 is 27.3. The number of azo groups is 2. The number of anilines is 1. The minimum atomic E-state index is -0.551. The molecule has 0 atom stereocenters. The number of carbonyl (C=O) groups is 1. The fourth-order valence-corrected chi connectivity index (χ4v) is 4.43. The number of hydrogen-bond donors (Lipinski definition) is 0. The van der Waals surface area contributed by atoms with Gasteiger partial charge in [-0.3, -0.25) is 14.9 Å². The van der Waals surface area contributed by atoms with Gasteiger partial charge >= 0.3 is 5.97 Å². The maximum absolute atomic E-state index is 11.8. The molecule has 3 aromatic carbocycles. The smallest absolute Gasteiger partial charge is 0.305 e. The molecule has 0 saturated carbocycles. The van der Waals surface area contributed by atoms with Crippen LogP contribution >= 0.6 is 11.6 Å². The number of non-ortho nitro benzene ring substituents is 1. The molecular weight excluding hydrogens is 608 g/mol. The standard InChI is InChI=1S/C30H35ClN6O8/c1-7-36(13-9-10-30(38)45-8-2)25-18-28(43-5)24(17-29(25)44-6)35-34-23-16-26(41-3)22(15-27(23)42-4)33-32-21-12-11-19(37(39)40)14-20(21)31/h11-12,14-18H,7-10,13H2,1-6H3. The largest absolute Gasteiger partial charge is 0.494 e. The SMILES string of the molecule is CCOC(=O)CCCN(CC)c1cc(OC)c(N=Nc2cc(OC)c(N=Nc3ccc([N+](=O)[O-])cc3Cl)cc2OC)cc1OC. The van der Waals surface area contributed by atoms with E-state index in [1.165, 1.54) is 39.5 Å². The minimum Gasteiger partial charge on any atom is -0.494 e. The predicted octanol–water partition coefficient (Wildman–Crippen LogP) is 8.28. The van der Waals surface area contributed by atoms with E-state index in [4.69, 9.17) is 35.3 Å². The third kappa shape index (κ3) is 9.01. The fraction of sp³-hybridized carbons (Fsp3) is 0.367. The summed E-state index contributed by atoms with van der Waals surface area (Å²) in [4.78, 5) is 24.3. The molecule has 3 rings (SSSR count). The van der Waals surface area contributed by atoms with E-state index < -0.39 is 4.92 Å². The van der Waals surface area contributed by atoms with Crippen LogP contribution < -0.4 is 23.8 Å². The summed E-state index contributed by atoms with van der Waals surface area (Å²) in [5, 5.41) is 28.2. The van der Waals surface area contributed by atoms with Crippen LogP contribution in [0.15, 0.2) is 62.9 Å². The lowest BCUT2D eigenvalue weighted by molar-refractivity contribution is -0.384. The van der Waals surface area contributed by atoms with Crippen LogP contribution in [-0.2, 0) is 9.53 Å². The Hall–Kier alpha value is -4.98. The summed E-state index contributed by atoms with van der Waals surface area (Å²) in [7, 11) is 6.01. The molecule has 0 unspecified atom stereocenters. The number of nitrogens with zero attached hydrogens (tertiary/aromatic N) is 6. The molecule has 240 valence electrons. The van der Waals surface area contributed by atoms with Gasteiger partial charge in [0.15, 0.2) is 0 Å². The van der Waals surface area contributed by atoms with E-state index in [1.807, 2.05) is 13.0 Å². The molecule has 0 amide bonds. The first-order chi connectivity index (χ1) is 21.7. The molecule has 0 spiro atoms. The molecule has 0 N–H and O–H groups in total. The second-order valence-electron chi connectivity index (χ2n) is 9.17. The molecule has 0 bridgehead atoms.